The zero-order valence-electron chi connectivity index (χ0n) is 7.50. The van der Waals surface area contributed by atoms with Gasteiger partial charge in [-0.15, -0.1) is 0 Å². The molecule has 0 aromatic carbocycles. The Kier molecular flexibility index (Phi) is 4.26. The average Bonchev–Trinajstić information content (AvgIpc) is 2.00. The molecule has 1 atom stereocenters. The lowest BCUT2D eigenvalue weighted by Gasteiger charge is -2.24. The van der Waals surface area contributed by atoms with Crippen LogP contribution in [-0.2, 0) is 14.3 Å². The molecule has 1 unspecified atom stereocenters. The van der Waals surface area contributed by atoms with Crippen molar-refractivity contribution in [3.8, 4) is 0 Å². The molecule has 0 radical (unpaired) electrons. The maximum absolute atomic E-state index is 10.6. The van der Waals surface area contributed by atoms with Gasteiger partial charge in [-0.1, -0.05) is 6.58 Å². The van der Waals surface area contributed by atoms with Crippen molar-refractivity contribution in [2.45, 2.75) is 32.3 Å². The number of hydrogen-bond donors (Lipinski definition) is 0. The molecule has 0 aliphatic rings. The molecule has 0 amide bonds. The zero-order valence-corrected chi connectivity index (χ0v) is 7.50. The third-order valence-electron chi connectivity index (χ3n) is 1.57. The minimum absolute atomic E-state index is 0.358. The van der Waals surface area contributed by atoms with Crippen molar-refractivity contribution in [2.75, 3.05) is 0 Å². The number of carbonyl (C=O) groups excluding carboxylic acids is 2. The van der Waals surface area contributed by atoms with Crippen LogP contribution >= 0.6 is 0 Å². The molecule has 3 heteroatoms. The highest BCUT2D eigenvalue weighted by Crippen LogP contribution is 2.18. The van der Waals surface area contributed by atoms with E-state index in [1.807, 2.05) is 0 Å². The molecule has 0 bridgehead atoms. The summed E-state index contributed by atoms with van der Waals surface area (Å²) in [5.41, 5.74) is -0.702. The summed E-state index contributed by atoms with van der Waals surface area (Å²) in [7, 11) is 0. The largest absolute Gasteiger partial charge is 0.455 e. The molecule has 0 saturated carbocycles. The molecule has 0 saturated heterocycles. The lowest BCUT2D eigenvalue weighted by atomic mass is 10.0. The molecule has 68 valence electrons. The van der Waals surface area contributed by atoms with Crippen LogP contribution in [0.2, 0.25) is 0 Å². The van der Waals surface area contributed by atoms with E-state index in [-0.39, 0.29) is 5.97 Å². The van der Waals surface area contributed by atoms with E-state index in [0.717, 1.165) is 6.29 Å². The Labute approximate surface area is 72.4 Å². The first-order valence-corrected chi connectivity index (χ1v) is 3.81. The van der Waals surface area contributed by atoms with Crippen molar-refractivity contribution in [2.24, 2.45) is 0 Å². The van der Waals surface area contributed by atoms with Crippen LogP contribution in [0.1, 0.15) is 26.7 Å². The quantitative estimate of drug-likeness (QED) is 0.356. The van der Waals surface area contributed by atoms with Crippen molar-refractivity contribution in [1.82, 2.24) is 0 Å². The predicted molar refractivity (Wildman–Crippen MR) is 45.7 cm³/mol. The fourth-order valence-electron chi connectivity index (χ4n) is 0.869. The predicted octanol–water partition coefficient (Wildman–Crippen LogP) is 1.47. The number of esters is 1. The van der Waals surface area contributed by atoms with Gasteiger partial charge in [-0.05, 0) is 19.4 Å². The molecule has 0 fully saturated rings. The Morgan fingerprint density at radius 3 is 2.58 bits per heavy atom. The molecular formula is C9H14O3. The van der Waals surface area contributed by atoms with Crippen LogP contribution in [0.3, 0.4) is 0 Å². The molecule has 0 aromatic rings. The number of aldehydes is 1. The van der Waals surface area contributed by atoms with E-state index in [0.29, 0.717) is 12.8 Å². The first-order valence-electron chi connectivity index (χ1n) is 3.81. The first-order chi connectivity index (χ1) is 5.54. The molecule has 0 aromatic heterocycles. The summed E-state index contributed by atoms with van der Waals surface area (Å²) in [5, 5.41) is 0. The van der Waals surface area contributed by atoms with Gasteiger partial charge in [0.1, 0.15) is 11.9 Å². The van der Waals surface area contributed by atoms with E-state index in [1.165, 1.54) is 13.0 Å². The van der Waals surface area contributed by atoms with Gasteiger partial charge in [0.05, 0.1) is 0 Å². The van der Waals surface area contributed by atoms with Gasteiger partial charge in [0.2, 0.25) is 0 Å². The van der Waals surface area contributed by atoms with Crippen LogP contribution in [0.4, 0.5) is 0 Å². The third-order valence-corrected chi connectivity index (χ3v) is 1.57. The van der Waals surface area contributed by atoms with Gasteiger partial charge in [-0.3, -0.25) is 4.79 Å². The van der Waals surface area contributed by atoms with E-state index < -0.39 is 5.60 Å². The fourth-order valence-corrected chi connectivity index (χ4v) is 0.869. The fraction of sp³-hybridized carbons (Fsp3) is 0.556. The summed E-state index contributed by atoms with van der Waals surface area (Å²) in [5.74, 6) is -0.358. The third kappa shape index (κ3) is 3.91. The lowest BCUT2D eigenvalue weighted by Crippen LogP contribution is -2.28. The smallest absolute Gasteiger partial charge is 0.303 e. The highest BCUT2D eigenvalue weighted by atomic mass is 16.6. The molecule has 0 aliphatic carbocycles. The van der Waals surface area contributed by atoms with Gasteiger partial charge in [-0.2, -0.15) is 0 Å². The Morgan fingerprint density at radius 2 is 2.25 bits per heavy atom. The second-order valence-electron chi connectivity index (χ2n) is 2.82. The standard InChI is InChI=1S/C9H14O3/c1-4-9(3,6-5-7-10)12-8(2)11/h4,7H,1,5-6H2,2-3H3. The molecular weight excluding hydrogens is 156 g/mol. The maximum atomic E-state index is 10.6. The Morgan fingerprint density at radius 1 is 1.67 bits per heavy atom. The molecule has 0 N–H and O–H groups in total. The van der Waals surface area contributed by atoms with Crippen LogP contribution in [0, 0.1) is 0 Å². The number of rotatable bonds is 5. The summed E-state index contributed by atoms with van der Waals surface area (Å²) in [6.07, 6.45) is 3.19. The van der Waals surface area contributed by atoms with Crippen molar-refractivity contribution in [3.63, 3.8) is 0 Å². The van der Waals surface area contributed by atoms with Crippen LogP contribution in [-0.4, -0.2) is 17.9 Å². The van der Waals surface area contributed by atoms with Crippen molar-refractivity contribution < 1.29 is 14.3 Å². The van der Waals surface area contributed by atoms with Crippen LogP contribution in [0.15, 0.2) is 12.7 Å². The van der Waals surface area contributed by atoms with Crippen LogP contribution < -0.4 is 0 Å². The maximum Gasteiger partial charge on any atom is 0.303 e. The number of ether oxygens (including phenoxy) is 1. The summed E-state index contributed by atoms with van der Waals surface area (Å²) >= 11 is 0. The van der Waals surface area contributed by atoms with E-state index in [4.69, 9.17) is 4.74 Å². The minimum atomic E-state index is -0.702. The van der Waals surface area contributed by atoms with Crippen molar-refractivity contribution in [3.05, 3.63) is 12.7 Å². The Balaban J connectivity index is 4.12. The van der Waals surface area contributed by atoms with E-state index in [2.05, 4.69) is 6.58 Å². The molecule has 0 heterocycles. The Bertz CT molecular complexity index is 186. The topological polar surface area (TPSA) is 43.4 Å². The highest BCUT2D eigenvalue weighted by molar-refractivity contribution is 5.66. The molecule has 3 nitrogen and oxygen atoms in total. The monoisotopic (exact) mass is 170 g/mol. The molecule has 0 spiro atoms. The second kappa shape index (κ2) is 4.70. The lowest BCUT2D eigenvalue weighted by molar-refractivity contribution is -0.151. The summed E-state index contributed by atoms with van der Waals surface area (Å²) in [6, 6.07) is 0. The van der Waals surface area contributed by atoms with Gasteiger partial charge in [0.25, 0.3) is 0 Å². The molecule has 0 rings (SSSR count). The summed E-state index contributed by atoms with van der Waals surface area (Å²) < 4.78 is 4.97. The van der Waals surface area contributed by atoms with Gasteiger partial charge >= 0.3 is 5.97 Å². The zero-order chi connectivity index (χ0) is 9.61. The number of carbonyl (C=O) groups is 2. The normalized spacial score (nSPS) is 14.5. The van der Waals surface area contributed by atoms with Crippen molar-refractivity contribution in [1.29, 1.82) is 0 Å². The molecule has 12 heavy (non-hydrogen) atoms. The Hall–Kier alpha value is -1.12. The second-order valence-corrected chi connectivity index (χ2v) is 2.82. The van der Waals surface area contributed by atoms with E-state index in [9.17, 15) is 9.59 Å². The highest BCUT2D eigenvalue weighted by Gasteiger charge is 2.22. The minimum Gasteiger partial charge on any atom is -0.455 e. The van der Waals surface area contributed by atoms with Gasteiger partial charge in [0, 0.05) is 13.3 Å². The van der Waals surface area contributed by atoms with Gasteiger partial charge in [-0.25, -0.2) is 0 Å². The van der Waals surface area contributed by atoms with Gasteiger partial charge < -0.3 is 9.53 Å². The first kappa shape index (κ1) is 10.9. The average molecular weight is 170 g/mol. The molecule has 0 aliphatic heterocycles. The van der Waals surface area contributed by atoms with Crippen molar-refractivity contribution >= 4 is 12.3 Å². The number of hydrogen-bond acceptors (Lipinski definition) is 3. The van der Waals surface area contributed by atoms with Crippen LogP contribution in [0.5, 0.6) is 0 Å². The van der Waals surface area contributed by atoms with E-state index in [1.54, 1.807) is 6.92 Å². The van der Waals surface area contributed by atoms with Crippen LogP contribution in [0.25, 0.3) is 0 Å². The summed E-state index contributed by atoms with van der Waals surface area (Å²) in [4.78, 5) is 20.7. The van der Waals surface area contributed by atoms with E-state index >= 15 is 0 Å². The SMILES string of the molecule is C=CC(C)(CCC=O)OC(C)=O. The van der Waals surface area contributed by atoms with Gasteiger partial charge in [0.15, 0.2) is 0 Å². The summed E-state index contributed by atoms with van der Waals surface area (Å²) in [6.45, 7) is 6.61.